The summed E-state index contributed by atoms with van der Waals surface area (Å²) in [6.07, 6.45) is 9.90. The molecule has 1 fully saturated rings. The van der Waals surface area contributed by atoms with Gasteiger partial charge in [-0.15, -0.1) is 0 Å². The van der Waals surface area contributed by atoms with Crippen molar-refractivity contribution in [3.63, 3.8) is 0 Å². The maximum absolute atomic E-state index is 12.6. The number of hydrogen-bond donors (Lipinski definition) is 2. The number of aromatic nitrogens is 4. The summed E-state index contributed by atoms with van der Waals surface area (Å²) >= 11 is 0. The Kier molecular flexibility index (Phi) is 7.07. The van der Waals surface area contributed by atoms with Gasteiger partial charge < -0.3 is 15.0 Å². The van der Waals surface area contributed by atoms with Crippen molar-refractivity contribution >= 4 is 11.2 Å². The van der Waals surface area contributed by atoms with Gasteiger partial charge in [-0.25, -0.2) is 9.78 Å². The highest BCUT2D eigenvalue weighted by Crippen LogP contribution is 2.22. The van der Waals surface area contributed by atoms with Crippen molar-refractivity contribution < 1.29 is 5.11 Å². The molecule has 3 rings (SSSR count). The van der Waals surface area contributed by atoms with E-state index >= 15 is 0 Å². The lowest BCUT2D eigenvalue weighted by Gasteiger charge is -2.22. The molecule has 28 heavy (non-hydrogen) atoms. The number of aryl methyl sites for hydroxylation is 2. The number of aliphatic hydroxyl groups excluding tert-OH is 1. The smallest absolute Gasteiger partial charge is 0.332 e. The predicted octanol–water partition coefficient (Wildman–Crippen LogP) is 1.13. The summed E-state index contributed by atoms with van der Waals surface area (Å²) in [5, 5.41) is 13.6. The predicted molar refractivity (Wildman–Crippen MR) is 110 cm³/mol. The molecule has 0 saturated heterocycles. The summed E-state index contributed by atoms with van der Waals surface area (Å²) in [5.41, 5.74) is 0.209. The first kappa shape index (κ1) is 20.8. The van der Waals surface area contributed by atoms with E-state index in [-0.39, 0.29) is 17.4 Å². The fourth-order valence-electron chi connectivity index (χ4n) is 4.19. The van der Waals surface area contributed by atoms with Crippen LogP contribution in [0.2, 0.25) is 0 Å². The van der Waals surface area contributed by atoms with E-state index in [0.29, 0.717) is 37.1 Å². The Morgan fingerprint density at radius 1 is 1.21 bits per heavy atom. The number of fused-ring (bicyclic) bond motifs is 1. The molecule has 1 aliphatic rings. The Morgan fingerprint density at radius 2 is 1.96 bits per heavy atom. The lowest BCUT2D eigenvalue weighted by molar-refractivity contribution is 0.154. The van der Waals surface area contributed by atoms with Crippen LogP contribution in [0.5, 0.6) is 0 Å². The first-order chi connectivity index (χ1) is 13.5. The highest BCUT2D eigenvalue weighted by atomic mass is 16.3. The zero-order valence-electron chi connectivity index (χ0n) is 17.1. The Morgan fingerprint density at radius 3 is 2.71 bits per heavy atom. The first-order valence-corrected chi connectivity index (χ1v) is 10.5. The van der Waals surface area contributed by atoms with Gasteiger partial charge >= 0.3 is 5.69 Å². The van der Waals surface area contributed by atoms with Gasteiger partial charge in [-0.1, -0.05) is 19.3 Å². The molecule has 0 aliphatic heterocycles. The third kappa shape index (κ3) is 4.72. The highest BCUT2D eigenvalue weighted by molar-refractivity contribution is 5.69. The molecule has 0 amide bonds. The SMILES string of the molecule is Cn1cnc2c1c(=O)n(CCCCC(O)CNCC1CCCCC1)c(=O)n2C. The van der Waals surface area contributed by atoms with Crippen molar-refractivity contribution in [1.82, 2.24) is 24.0 Å². The van der Waals surface area contributed by atoms with E-state index in [1.165, 1.54) is 41.2 Å². The van der Waals surface area contributed by atoms with Crippen molar-refractivity contribution in [3.05, 3.63) is 27.2 Å². The van der Waals surface area contributed by atoms with Gasteiger partial charge in [0.1, 0.15) is 0 Å². The molecule has 2 N–H and O–H groups in total. The molecule has 2 heterocycles. The molecular formula is C20H33N5O3. The maximum atomic E-state index is 12.6. The summed E-state index contributed by atoms with van der Waals surface area (Å²) in [6.45, 7) is 1.96. The number of imidazole rings is 1. The molecular weight excluding hydrogens is 358 g/mol. The van der Waals surface area contributed by atoms with Gasteiger partial charge in [-0.05, 0) is 44.6 Å². The van der Waals surface area contributed by atoms with Gasteiger partial charge in [0.15, 0.2) is 11.2 Å². The van der Waals surface area contributed by atoms with E-state index in [0.717, 1.165) is 18.9 Å². The second kappa shape index (κ2) is 9.52. The minimum absolute atomic E-state index is 0.298. The van der Waals surface area contributed by atoms with Gasteiger partial charge in [0.25, 0.3) is 5.56 Å². The van der Waals surface area contributed by atoms with Crippen LogP contribution in [0.15, 0.2) is 15.9 Å². The summed E-state index contributed by atoms with van der Waals surface area (Å²) in [5.74, 6) is 0.756. The van der Waals surface area contributed by atoms with E-state index in [2.05, 4.69) is 10.3 Å². The standard InChI is InChI=1S/C20H33N5O3/c1-23-14-22-18-17(23)19(27)25(20(28)24(18)2)11-7-6-10-16(26)13-21-12-15-8-4-3-5-9-15/h14-16,21,26H,3-13H2,1-2H3. The van der Waals surface area contributed by atoms with Crippen LogP contribution in [0, 0.1) is 5.92 Å². The molecule has 2 aromatic heterocycles. The Hall–Kier alpha value is -1.93. The summed E-state index contributed by atoms with van der Waals surface area (Å²) in [7, 11) is 3.39. The molecule has 1 aliphatic carbocycles. The largest absolute Gasteiger partial charge is 0.392 e. The van der Waals surface area contributed by atoms with Crippen LogP contribution in [-0.2, 0) is 20.6 Å². The third-order valence-electron chi connectivity index (χ3n) is 5.91. The molecule has 8 heteroatoms. The highest BCUT2D eigenvalue weighted by Gasteiger charge is 2.15. The van der Waals surface area contributed by atoms with Gasteiger partial charge in [0.05, 0.1) is 12.4 Å². The normalized spacial score (nSPS) is 16.7. The zero-order chi connectivity index (χ0) is 20.1. The molecule has 8 nitrogen and oxygen atoms in total. The fourth-order valence-corrected chi connectivity index (χ4v) is 4.19. The Labute approximate surface area is 165 Å². The van der Waals surface area contributed by atoms with Crippen LogP contribution >= 0.6 is 0 Å². The minimum Gasteiger partial charge on any atom is -0.392 e. The van der Waals surface area contributed by atoms with Gasteiger partial charge in [0, 0.05) is 27.2 Å². The molecule has 0 radical (unpaired) electrons. The van der Waals surface area contributed by atoms with E-state index in [4.69, 9.17) is 0 Å². The molecule has 1 unspecified atom stereocenters. The second-order valence-electron chi connectivity index (χ2n) is 8.14. The quantitative estimate of drug-likeness (QED) is 0.625. The molecule has 1 atom stereocenters. The van der Waals surface area contributed by atoms with Gasteiger partial charge in [-0.3, -0.25) is 13.9 Å². The van der Waals surface area contributed by atoms with Crippen LogP contribution in [-0.4, -0.2) is 43.0 Å². The van der Waals surface area contributed by atoms with Crippen LogP contribution in [0.25, 0.3) is 11.2 Å². The van der Waals surface area contributed by atoms with Crippen LogP contribution in [0.3, 0.4) is 0 Å². The zero-order valence-corrected chi connectivity index (χ0v) is 17.1. The lowest BCUT2D eigenvalue weighted by Crippen LogP contribution is -2.39. The van der Waals surface area contributed by atoms with Gasteiger partial charge in [0.2, 0.25) is 0 Å². The number of hydrogen-bond acceptors (Lipinski definition) is 5. The minimum atomic E-state index is -0.386. The van der Waals surface area contributed by atoms with Crippen LogP contribution in [0.1, 0.15) is 51.4 Å². The molecule has 0 aromatic carbocycles. The molecule has 156 valence electrons. The summed E-state index contributed by atoms with van der Waals surface area (Å²) < 4.78 is 4.34. The third-order valence-corrected chi connectivity index (χ3v) is 5.91. The Balaban J connectivity index is 1.45. The fraction of sp³-hybridized carbons (Fsp3) is 0.750. The molecule has 1 saturated carbocycles. The average Bonchev–Trinajstić information content (AvgIpc) is 3.08. The van der Waals surface area contributed by atoms with E-state index in [9.17, 15) is 14.7 Å². The topological polar surface area (TPSA) is 94.1 Å². The lowest BCUT2D eigenvalue weighted by atomic mass is 9.89. The number of nitrogens with one attached hydrogen (secondary N) is 1. The summed E-state index contributed by atoms with van der Waals surface area (Å²) in [6, 6.07) is 0. The van der Waals surface area contributed by atoms with E-state index in [1.54, 1.807) is 25.0 Å². The second-order valence-corrected chi connectivity index (χ2v) is 8.14. The van der Waals surface area contributed by atoms with Crippen LogP contribution in [0.4, 0.5) is 0 Å². The number of nitrogens with zero attached hydrogens (tertiary/aromatic N) is 4. The Bertz CT molecular complexity index is 892. The van der Waals surface area contributed by atoms with Crippen LogP contribution < -0.4 is 16.6 Å². The molecule has 0 spiro atoms. The average molecular weight is 392 g/mol. The van der Waals surface area contributed by atoms with Gasteiger partial charge in [-0.2, -0.15) is 0 Å². The van der Waals surface area contributed by atoms with E-state index in [1.807, 2.05) is 0 Å². The van der Waals surface area contributed by atoms with Crippen molar-refractivity contribution in [2.24, 2.45) is 20.0 Å². The van der Waals surface area contributed by atoms with Crippen molar-refractivity contribution in [2.75, 3.05) is 13.1 Å². The maximum Gasteiger partial charge on any atom is 0.332 e. The monoisotopic (exact) mass is 391 g/mol. The molecule has 2 aromatic rings. The number of rotatable bonds is 9. The van der Waals surface area contributed by atoms with Crippen molar-refractivity contribution in [1.29, 1.82) is 0 Å². The summed E-state index contributed by atoms with van der Waals surface area (Å²) in [4.78, 5) is 29.2. The number of unbranched alkanes of at least 4 members (excludes halogenated alkanes) is 1. The molecule has 0 bridgehead atoms. The van der Waals surface area contributed by atoms with E-state index < -0.39 is 0 Å². The first-order valence-electron chi connectivity index (χ1n) is 10.5. The van der Waals surface area contributed by atoms with Crippen molar-refractivity contribution in [3.8, 4) is 0 Å². The van der Waals surface area contributed by atoms with Crippen molar-refractivity contribution in [2.45, 2.75) is 64.0 Å². The number of aliphatic hydroxyl groups is 1.